The van der Waals surface area contributed by atoms with Crippen LogP contribution in [-0.4, -0.2) is 39.1 Å². The second-order valence-corrected chi connectivity index (χ2v) is 4.64. The number of hydrogen-bond acceptors (Lipinski definition) is 7. The first-order valence-electron chi connectivity index (χ1n) is 6.44. The molecule has 0 aliphatic heterocycles. The molecule has 2 N–H and O–H groups in total. The monoisotopic (exact) mass is 284 g/mol. The summed E-state index contributed by atoms with van der Waals surface area (Å²) in [6.07, 6.45) is 0.241. The Bertz CT molecular complexity index is 484. The van der Waals surface area contributed by atoms with Crippen LogP contribution in [0.4, 0.5) is 5.82 Å². The Kier molecular flexibility index (Phi) is 5.48. The van der Waals surface area contributed by atoms with Crippen LogP contribution in [0.25, 0.3) is 0 Å². The Morgan fingerprint density at radius 1 is 1.30 bits per heavy atom. The van der Waals surface area contributed by atoms with Crippen molar-refractivity contribution in [3.05, 3.63) is 5.69 Å². The molecule has 112 valence electrons. The van der Waals surface area contributed by atoms with Crippen LogP contribution >= 0.6 is 0 Å². The molecule has 20 heavy (non-hydrogen) atoms. The number of carbonyl (C=O) groups is 2. The van der Waals surface area contributed by atoms with Gasteiger partial charge in [-0.1, -0.05) is 12.1 Å². The Labute approximate surface area is 117 Å². The summed E-state index contributed by atoms with van der Waals surface area (Å²) in [6, 6.07) is 0. The van der Waals surface area contributed by atoms with Crippen LogP contribution in [0.2, 0.25) is 0 Å². The molecule has 0 aliphatic carbocycles. The maximum atomic E-state index is 11.7. The maximum Gasteiger partial charge on any atom is 0.363 e. The van der Waals surface area contributed by atoms with Crippen LogP contribution in [-0.2, 0) is 20.8 Å². The molecule has 8 heteroatoms. The minimum Gasteiger partial charge on any atom is -0.461 e. The van der Waals surface area contributed by atoms with Crippen molar-refractivity contribution in [1.82, 2.24) is 15.0 Å². The van der Waals surface area contributed by atoms with Crippen molar-refractivity contribution in [2.75, 3.05) is 5.73 Å². The van der Waals surface area contributed by atoms with Crippen LogP contribution in [0.3, 0.4) is 0 Å². The predicted molar refractivity (Wildman–Crippen MR) is 70.8 cm³/mol. The van der Waals surface area contributed by atoms with E-state index >= 15 is 0 Å². The zero-order chi connectivity index (χ0) is 15.3. The first-order chi connectivity index (χ1) is 9.35. The summed E-state index contributed by atoms with van der Waals surface area (Å²) in [5.74, 6) is -1.17. The number of carbonyl (C=O) groups excluding carboxylic acids is 2. The largest absolute Gasteiger partial charge is 0.461 e. The lowest BCUT2D eigenvalue weighted by atomic mass is 10.3. The Hall–Kier alpha value is -2.12. The van der Waals surface area contributed by atoms with Gasteiger partial charge >= 0.3 is 11.9 Å². The number of ether oxygens (including phenoxy) is 2. The quantitative estimate of drug-likeness (QED) is 0.768. The van der Waals surface area contributed by atoms with E-state index in [4.69, 9.17) is 15.2 Å². The Balaban J connectivity index is 2.72. The van der Waals surface area contributed by atoms with E-state index in [9.17, 15) is 9.59 Å². The van der Waals surface area contributed by atoms with Crippen LogP contribution in [0.1, 0.15) is 44.6 Å². The number of rotatable bonds is 6. The highest BCUT2D eigenvalue weighted by Gasteiger charge is 2.21. The molecular weight excluding hydrogens is 264 g/mol. The van der Waals surface area contributed by atoms with Gasteiger partial charge in [-0.15, -0.1) is 5.10 Å². The SMILES string of the molecule is CCC(C)OC(=O)Cn1nnc(C(=O)OC(C)C)c1N. The minimum atomic E-state index is -0.668. The Morgan fingerprint density at radius 2 is 1.95 bits per heavy atom. The molecule has 1 unspecified atom stereocenters. The number of hydrogen-bond donors (Lipinski definition) is 1. The lowest BCUT2D eigenvalue weighted by molar-refractivity contribution is -0.149. The summed E-state index contributed by atoms with van der Waals surface area (Å²) < 4.78 is 11.2. The molecule has 0 amide bonds. The van der Waals surface area contributed by atoms with Gasteiger partial charge in [0.1, 0.15) is 6.54 Å². The van der Waals surface area contributed by atoms with Gasteiger partial charge in [0.15, 0.2) is 5.82 Å². The number of nitrogen functional groups attached to an aromatic ring is 1. The lowest BCUT2D eigenvalue weighted by Crippen LogP contribution is -2.21. The number of nitrogens with two attached hydrogens (primary N) is 1. The molecule has 1 aromatic heterocycles. The molecule has 0 fully saturated rings. The molecule has 1 aromatic rings. The van der Waals surface area contributed by atoms with E-state index in [1.165, 1.54) is 0 Å². The van der Waals surface area contributed by atoms with Gasteiger partial charge in [-0.25, -0.2) is 9.48 Å². The molecule has 1 atom stereocenters. The highest BCUT2D eigenvalue weighted by Crippen LogP contribution is 2.11. The number of anilines is 1. The van der Waals surface area contributed by atoms with E-state index in [0.29, 0.717) is 6.42 Å². The molecule has 0 saturated heterocycles. The third kappa shape index (κ3) is 4.22. The summed E-state index contributed by atoms with van der Waals surface area (Å²) in [5, 5.41) is 7.28. The van der Waals surface area contributed by atoms with Crippen molar-refractivity contribution in [3.8, 4) is 0 Å². The molecule has 0 aromatic carbocycles. The van der Waals surface area contributed by atoms with Crippen LogP contribution in [0, 0.1) is 0 Å². The third-order valence-corrected chi connectivity index (χ3v) is 2.50. The molecule has 0 radical (unpaired) electrons. The van der Waals surface area contributed by atoms with E-state index in [2.05, 4.69) is 10.3 Å². The first kappa shape index (κ1) is 15.9. The third-order valence-electron chi connectivity index (χ3n) is 2.50. The topological polar surface area (TPSA) is 109 Å². The van der Waals surface area contributed by atoms with E-state index in [-0.39, 0.29) is 30.3 Å². The van der Waals surface area contributed by atoms with E-state index in [1.54, 1.807) is 20.8 Å². The molecule has 8 nitrogen and oxygen atoms in total. The molecular formula is C12H20N4O4. The smallest absolute Gasteiger partial charge is 0.363 e. The molecule has 0 saturated carbocycles. The average Bonchev–Trinajstić information content (AvgIpc) is 2.70. The lowest BCUT2D eigenvalue weighted by Gasteiger charge is -2.10. The first-order valence-corrected chi connectivity index (χ1v) is 6.44. The van der Waals surface area contributed by atoms with Gasteiger partial charge < -0.3 is 15.2 Å². The number of nitrogens with zero attached hydrogens (tertiary/aromatic N) is 3. The zero-order valence-electron chi connectivity index (χ0n) is 12.1. The summed E-state index contributed by atoms with van der Waals surface area (Å²) >= 11 is 0. The second-order valence-electron chi connectivity index (χ2n) is 4.64. The fourth-order valence-corrected chi connectivity index (χ4v) is 1.32. The van der Waals surface area contributed by atoms with Crippen molar-refractivity contribution in [2.24, 2.45) is 0 Å². The minimum absolute atomic E-state index is 0.0169. The number of aromatic nitrogens is 3. The van der Waals surface area contributed by atoms with Crippen molar-refractivity contribution >= 4 is 17.8 Å². The fraction of sp³-hybridized carbons (Fsp3) is 0.667. The molecule has 0 aliphatic rings. The van der Waals surface area contributed by atoms with Crippen LogP contribution in [0.15, 0.2) is 0 Å². The van der Waals surface area contributed by atoms with Gasteiger partial charge in [0.25, 0.3) is 0 Å². The second kappa shape index (κ2) is 6.88. The molecule has 1 heterocycles. The van der Waals surface area contributed by atoms with Gasteiger partial charge in [-0.2, -0.15) is 0 Å². The molecule has 1 rings (SSSR count). The van der Waals surface area contributed by atoms with E-state index < -0.39 is 11.9 Å². The van der Waals surface area contributed by atoms with Crippen molar-refractivity contribution in [3.63, 3.8) is 0 Å². The zero-order valence-corrected chi connectivity index (χ0v) is 12.1. The highest BCUT2D eigenvalue weighted by atomic mass is 16.5. The normalized spacial score (nSPS) is 12.2. The standard InChI is InChI=1S/C12H20N4O4/c1-5-8(4)20-9(17)6-16-11(13)10(14-15-16)12(18)19-7(2)3/h7-8H,5-6,13H2,1-4H3. The predicted octanol–water partition coefficient (Wildman–Crippen LogP) is 0.767. The van der Waals surface area contributed by atoms with Gasteiger partial charge in [-0.05, 0) is 27.2 Å². The van der Waals surface area contributed by atoms with Crippen LogP contribution in [0.5, 0.6) is 0 Å². The summed E-state index contributed by atoms with van der Waals surface area (Å²) in [4.78, 5) is 23.3. The van der Waals surface area contributed by atoms with Crippen molar-refractivity contribution < 1.29 is 19.1 Å². The Morgan fingerprint density at radius 3 is 2.50 bits per heavy atom. The van der Waals surface area contributed by atoms with Gasteiger partial charge in [0.05, 0.1) is 12.2 Å². The molecule has 0 bridgehead atoms. The summed E-state index contributed by atoms with van der Waals surface area (Å²) in [7, 11) is 0. The van der Waals surface area contributed by atoms with E-state index in [0.717, 1.165) is 4.68 Å². The maximum absolute atomic E-state index is 11.7. The average molecular weight is 284 g/mol. The van der Waals surface area contributed by atoms with E-state index in [1.807, 2.05) is 6.92 Å². The number of esters is 2. The van der Waals surface area contributed by atoms with Crippen LogP contribution < -0.4 is 5.73 Å². The summed E-state index contributed by atoms with van der Waals surface area (Å²) in [5.41, 5.74) is 5.62. The van der Waals surface area contributed by atoms with Gasteiger partial charge in [0.2, 0.25) is 5.69 Å². The van der Waals surface area contributed by atoms with Crippen molar-refractivity contribution in [2.45, 2.75) is 52.9 Å². The van der Waals surface area contributed by atoms with Gasteiger partial charge in [0, 0.05) is 0 Å². The van der Waals surface area contributed by atoms with Crippen molar-refractivity contribution in [1.29, 1.82) is 0 Å². The summed E-state index contributed by atoms with van der Waals surface area (Å²) in [6.45, 7) is 6.91. The molecule has 0 spiro atoms. The highest BCUT2D eigenvalue weighted by molar-refractivity contribution is 5.92. The van der Waals surface area contributed by atoms with Gasteiger partial charge in [-0.3, -0.25) is 4.79 Å². The fourth-order valence-electron chi connectivity index (χ4n) is 1.32.